The first-order valence-electron chi connectivity index (χ1n) is 11.7. The molecule has 2 saturated carbocycles. The Balaban J connectivity index is 1.61. The first-order valence-corrected chi connectivity index (χ1v) is 10.7. The minimum atomic E-state index is -0.534. The molecule has 2 fully saturated rings. The third-order valence-electron chi connectivity index (χ3n) is 6.35. The molecule has 1 heterocycles. The molecule has 0 radical (unpaired) electrons. The Morgan fingerprint density at radius 3 is 2.14 bits per heavy atom. The highest BCUT2D eigenvalue weighted by molar-refractivity contribution is 5.74. The van der Waals surface area contributed by atoms with Crippen molar-refractivity contribution in [3.63, 3.8) is 0 Å². The van der Waals surface area contributed by atoms with Crippen molar-refractivity contribution in [2.75, 3.05) is 0 Å². The quantitative estimate of drug-likeness (QED) is 0.458. The third-order valence-corrected chi connectivity index (χ3v) is 6.35. The smallest absolute Gasteiger partial charge is 0.0708 e. The molecule has 0 bridgehead atoms. The average Bonchev–Trinajstić information content (AvgIpc) is 3.44. The van der Waals surface area contributed by atoms with Crippen molar-refractivity contribution < 1.29 is 2.74 Å². The van der Waals surface area contributed by atoms with Gasteiger partial charge in [-0.25, -0.2) is 0 Å². The Kier molecular flexibility index (Phi) is 4.38. The van der Waals surface area contributed by atoms with E-state index < -0.39 is 11.8 Å². The van der Waals surface area contributed by atoms with Gasteiger partial charge < -0.3 is 0 Å². The first-order chi connectivity index (χ1) is 14.6. The third kappa shape index (κ3) is 3.51. The molecule has 1 nitrogen and oxygen atoms in total. The molecule has 0 aliphatic heterocycles. The van der Waals surface area contributed by atoms with E-state index in [0.717, 1.165) is 84.9 Å². The minimum absolute atomic E-state index is 0.451. The zero-order valence-electron chi connectivity index (χ0n) is 18.5. The number of hydrogen-bond donors (Lipinski definition) is 0. The lowest BCUT2D eigenvalue weighted by Gasteiger charge is -2.17. The topological polar surface area (TPSA) is 12.9 Å². The predicted molar refractivity (Wildman–Crippen MR) is 118 cm³/mol. The second kappa shape index (κ2) is 7.91. The van der Waals surface area contributed by atoms with Crippen LogP contribution >= 0.6 is 0 Å². The van der Waals surface area contributed by atoms with Crippen LogP contribution < -0.4 is 0 Å². The van der Waals surface area contributed by atoms with Gasteiger partial charge in [0.2, 0.25) is 0 Å². The summed E-state index contributed by atoms with van der Waals surface area (Å²) in [6.45, 7) is 0. The summed E-state index contributed by atoms with van der Waals surface area (Å²) in [5.41, 5.74) is 6.45. The van der Waals surface area contributed by atoms with Crippen LogP contribution in [-0.2, 0) is 0 Å². The number of benzene rings is 2. The number of pyridine rings is 1. The van der Waals surface area contributed by atoms with Crippen LogP contribution in [0.4, 0.5) is 0 Å². The van der Waals surface area contributed by atoms with E-state index >= 15 is 0 Å². The summed E-state index contributed by atoms with van der Waals surface area (Å²) in [7, 11) is 0. The average molecular weight is 370 g/mol. The van der Waals surface area contributed by atoms with Gasteiger partial charge >= 0.3 is 0 Å². The molecular formula is C27H29N. The normalized spacial score (nSPS) is 21.3. The Morgan fingerprint density at radius 1 is 0.714 bits per heavy atom. The number of aromatic nitrogens is 1. The lowest BCUT2D eigenvalue weighted by molar-refractivity contribution is 0.721. The van der Waals surface area contributed by atoms with E-state index in [0.29, 0.717) is 0 Å². The Hall–Kier alpha value is -2.41. The number of hydrogen-bond acceptors (Lipinski definition) is 1. The van der Waals surface area contributed by atoms with Crippen molar-refractivity contribution in [2.24, 2.45) is 0 Å². The van der Waals surface area contributed by atoms with Gasteiger partial charge in [-0.15, -0.1) is 0 Å². The molecule has 28 heavy (non-hydrogen) atoms. The highest BCUT2D eigenvalue weighted by Crippen LogP contribution is 2.41. The Morgan fingerprint density at radius 2 is 1.39 bits per heavy atom. The highest BCUT2D eigenvalue weighted by atomic mass is 14.7. The molecule has 142 valence electrons. The van der Waals surface area contributed by atoms with Crippen LogP contribution in [0.15, 0.2) is 66.9 Å². The van der Waals surface area contributed by atoms with Crippen molar-refractivity contribution in [3.8, 4) is 22.4 Å². The van der Waals surface area contributed by atoms with Gasteiger partial charge in [-0.1, -0.05) is 74.2 Å². The second-order valence-corrected chi connectivity index (χ2v) is 8.18. The van der Waals surface area contributed by atoms with E-state index in [9.17, 15) is 0 Å². The van der Waals surface area contributed by atoms with Crippen molar-refractivity contribution in [1.82, 2.24) is 4.98 Å². The number of rotatable bonds is 4. The minimum Gasteiger partial charge on any atom is -0.256 e. The SMILES string of the molecule is [2H]C1(c2cccc(-c3cc(-c4ccccc4)c(C4([2H])CCCC4)cn3)c2)CCCC1. The van der Waals surface area contributed by atoms with Crippen molar-refractivity contribution in [2.45, 2.75) is 63.2 Å². The molecule has 0 N–H and O–H groups in total. The summed E-state index contributed by atoms with van der Waals surface area (Å²) in [5.74, 6) is -0.985. The summed E-state index contributed by atoms with van der Waals surface area (Å²) in [4.78, 5) is 4.83. The molecule has 0 atom stereocenters. The lowest BCUT2D eigenvalue weighted by atomic mass is 9.89. The summed E-state index contributed by atoms with van der Waals surface area (Å²) in [5, 5.41) is 0. The van der Waals surface area contributed by atoms with Gasteiger partial charge in [0, 0.05) is 14.5 Å². The zero-order chi connectivity index (χ0) is 20.6. The summed E-state index contributed by atoms with van der Waals surface area (Å²) in [6, 6.07) is 21.0. The van der Waals surface area contributed by atoms with Crippen molar-refractivity contribution in [3.05, 3.63) is 78.0 Å². The molecule has 2 aliphatic carbocycles. The Bertz CT molecular complexity index is 1030. The maximum absolute atomic E-state index is 9.09. The van der Waals surface area contributed by atoms with Crippen LogP contribution in [0.1, 0.15) is 77.0 Å². The van der Waals surface area contributed by atoms with Gasteiger partial charge in [-0.2, -0.15) is 0 Å². The van der Waals surface area contributed by atoms with Crippen molar-refractivity contribution in [1.29, 1.82) is 0 Å². The molecule has 0 unspecified atom stereocenters. The fraction of sp³-hybridized carbons (Fsp3) is 0.370. The van der Waals surface area contributed by atoms with Crippen LogP contribution in [0.3, 0.4) is 0 Å². The number of nitrogens with zero attached hydrogens (tertiary/aromatic N) is 1. The molecule has 5 rings (SSSR count). The molecule has 0 amide bonds. The largest absolute Gasteiger partial charge is 0.256 e. The summed E-state index contributed by atoms with van der Waals surface area (Å²) < 4.78 is 18.0. The molecule has 1 aromatic heterocycles. The molecule has 1 heteroatoms. The molecule has 0 saturated heterocycles. The monoisotopic (exact) mass is 369 g/mol. The standard InChI is InChI=1S/C27H29N/c1-2-11-21(12-3-1)25-18-27(28-19-26(25)22-13-6-7-14-22)24-16-8-15-23(17-24)20-9-4-5-10-20/h1-3,8,11-12,15-20,22H,4-7,9-10,13-14H2/i20D,22D. The molecule has 2 aliphatic rings. The van der Waals surface area contributed by atoms with Gasteiger partial charge in [0.05, 0.1) is 5.69 Å². The van der Waals surface area contributed by atoms with E-state index in [2.05, 4.69) is 54.6 Å². The van der Waals surface area contributed by atoms with Crippen LogP contribution in [0.5, 0.6) is 0 Å². The van der Waals surface area contributed by atoms with E-state index in [1.54, 1.807) is 0 Å². The van der Waals surface area contributed by atoms with Gasteiger partial charge in [0.15, 0.2) is 0 Å². The van der Waals surface area contributed by atoms with Gasteiger partial charge in [0.25, 0.3) is 0 Å². The summed E-state index contributed by atoms with van der Waals surface area (Å²) in [6.07, 6.45) is 10.2. The second-order valence-electron chi connectivity index (χ2n) is 8.18. The van der Waals surface area contributed by atoms with E-state index in [-0.39, 0.29) is 0 Å². The molecule has 0 spiro atoms. The molecule has 2 aromatic carbocycles. The molecular weight excluding hydrogens is 338 g/mol. The zero-order valence-corrected chi connectivity index (χ0v) is 16.5. The fourth-order valence-corrected chi connectivity index (χ4v) is 4.81. The van der Waals surface area contributed by atoms with Gasteiger partial charge in [-0.3, -0.25) is 4.98 Å². The van der Waals surface area contributed by atoms with Crippen LogP contribution in [-0.4, -0.2) is 4.98 Å². The van der Waals surface area contributed by atoms with E-state index in [4.69, 9.17) is 7.73 Å². The maximum atomic E-state index is 9.09. The van der Waals surface area contributed by atoms with E-state index in [1.807, 2.05) is 12.3 Å². The van der Waals surface area contributed by atoms with E-state index in [1.165, 1.54) is 0 Å². The van der Waals surface area contributed by atoms with Crippen LogP contribution in [0, 0.1) is 0 Å². The summed E-state index contributed by atoms with van der Waals surface area (Å²) >= 11 is 0. The van der Waals surface area contributed by atoms with Crippen LogP contribution in [0.2, 0.25) is 0 Å². The fourth-order valence-electron chi connectivity index (χ4n) is 4.81. The Labute approximate surface area is 171 Å². The maximum Gasteiger partial charge on any atom is 0.0708 e. The predicted octanol–water partition coefficient (Wildman–Crippen LogP) is 7.73. The molecule has 3 aromatic rings. The van der Waals surface area contributed by atoms with Gasteiger partial charge in [-0.05, 0) is 71.9 Å². The highest BCUT2D eigenvalue weighted by Gasteiger charge is 2.22. The first kappa shape index (κ1) is 15.5. The van der Waals surface area contributed by atoms with Crippen molar-refractivity contribution >= 4 is 0 Å². The van der Waals surface area contributed by atoms with Gasteiger partial charge in [0.1, 0.15) is 0 Å². The van der Waals surface area contributed by atoms with Crippen LogP contribution in [0.25, 0.3) is 22.4 Å². The lowest BCUT2D eigenvalue weighted by Crippen LogP contribution is -1.99.